The van der Waals surface area contributed by atoms with Gasteiger partial charge < -0.3 is 20.3 Å². The number of alkyl halides is 1. The summed E-state index contributed by atoms with van der Waals surface area (Å²) in [7, 11) is 0. The highest BCUT2D eigenvalue weighted by atomic mass is 19.1. The summed E-state index contributed by atoms with van der Waals surface area (Å²) in [5, 5.41) is 21.3. The van der Waals surface area contributed by atoms with Crippen LogP contribution in [0.3, 0.4) is 0 Å². The van der Waals surface area contributed by atoms with E-state index < -0.39 is 30.6 Å². The molecule has 7 heteroatoms. The van der Waals surface area contributed by atoms with Gasteiger partial charge in [0.15, 0.2) is 5.67 Å². The average molecular weight is 260 g/mol. The minimum Gasteiger partial charge on any atom is -0.394 e. The minimum absolute atomic E-state index is 0.0110. The fourth-order valence-electron chi connectivity index (χ4n) is 2.15. The quantitative estimate of drug-likeness (QED) is 0.631. The number of amides is 2. The van der Waals surface area contributed by atoms with Crippen LogP contribution in [0.15, 0.2) is 12.3 Å². The van der Waals surface area contributed by atoms with E-state index in [0.29, 0.717) is 6.54 Å². The lowest BCUT2D eigenvalue weighted by Gasteiger charge is -2.29. The lowest BCUT2D eigenvalue weighted by molar-refractivity contribution is -0.0266. The van der Waals surface area contributed by atoms with Gasteiger partial charge in [-0.3, -0.25) is 4.90 Å². The molecule has 6 nitrogen and oxygen atoms in total. The summed E-state index contributed by atoms with van der Waals surface area (Å²) in [5.41, 5.74) is -2.00. The van der Waals surface area contributed by atoms with Crippen molar-refractivity contribution in [3.63, 3.8) is 0 Å². The van der Waals surface area contributed by atoms with Crippen LogP contribution in [0.2, 0.25) is 0 Å². The first-order valence-corrected chi connectivity index (χ1v) is 5.81. The van der Waals surface area contributed by atoms with Crippen molar-refractivity contribution in [2.75, 3.05) is 19.7 Å². The number of carbonyl (C=O) groups is 1. The highest BCUT2D eigenvalue weighted by Crippen LogP contribution is 2.34. The third kappa shape index (κ3) is 2.21. The number of aliphatic hydroxyl groups is 2. The molecule has 2 aliphatic heterocycles. The number of rotatable bonds is 3. The van der Waals surface area contributed by atoms with Crippen LogP contribution >= 0.6 is 0 Å². The van der Waals surface area contributed by atoms with E-state index in [0.717, 1.165) is 0 Å². The zero-order valence-electron chi connectivity index (χ0n) is 10.0. The van der Waals surface area contributed by atoms with Gasteiger partial charge in [-0.15, -0.1) is 0 Å². The summed E-state index contributed by atoms with van der Waals surface area (Å²) < 4.78 is 19.6. The summed E-state index contributed by atoms with van der Waals surface area (Å²) >= 11 is 0. The number of hydrogen-bond acceptors (Lipinski definition) is 4. The monoisotopic (exact) mass is 260 g/mol. The van der Waals surface area contributed by atoms with Gasteiger partial charge in [0.25, 0.3) is 0 Å². The molecule has 0 aliphatic carbocycles. The van der Waals surface area contributed by atoms with Gasteiger partial charge in [-0.25, -0.2) is 9.18 Å². The van der Waals surface area contributed by atoms with Crippen molar-refractivity contribution in [3.8, 4) is 0 Å². The Morgan fingerprint density at radius 2 is 2.44 bits per heavy atom. The molecule has 1 fully saturated rings. The number of carbonyl (C=O) groups excluding carboxylic acids is 1. The maximum Gasteiger partial charge on any atom is 0.321 e. The topological polar surface area (TPSA) is 82.0 Å². The maximum absolute atomic E-state index is 14.3. The molecule has 0 saturated carbocycles. The fraction of sp³-hybridized carbons (Fsp3) is 0.727. The molecule has 0 unspecified atom stereocenters. The Kier molecular flexibility index (Phi) is 3.56. The Bertz CT molecular complexity index is 361. The number of urea groups is 1. The lowest BCUT2D eigenvalue weighted by atomic mass is 9.94. The molecule has 2 rings (SSSR count). The minimum atomic E-state index is -2.00. The Morgan fingerprint density at radius 1 is 1.72 bits per heavy atom. The summed E-state index contributed by atoms with van der Waals surface area (Å²) in [6.07, 6.45) is -0.0488. The van der Waals surface area contributed by atoms with Crippen LogP contribution in [0.25, 0.3) is 0 Å². The lowest BCUT2D eigenvalue weighted by Crippen LogP contribution is -2.49. The predicted molar refractivity (Wildman–Crippen MR) is 60.5 cm³/mol. The molecule has 102 valence electrons. The second kappa shape index (κ2) is 4.83. The summed E-state index contributed by atoms with van der Waals surface area (Å²) in [4.78, 5) is 12.8. The molecule has 0 aromatic rings. The van der Waals surface area contributed by atoms with Crippen molar-refractivity contribution in [3.05, 3.63) is 12.3 Å². The number of hydrogen-bond donors (Lipinski definition) is 3. The second-order valence-corrected chi connectivity index (χ2v) is 4.66. The molecule has 0 spiro atoms. The van der Waals surface area contributed by atoms with E-state index >= 15 is 0 Å². The van der Waals surface area contributed by atoms with Crippen LogP contribution in [0, 0.1) is 0 Å². The molecule has 2 aliphatic rings. The Labute approximate surface area is 104 Å². The number of ether oxygens (including phenoxy) is 1. The van der Waals surface area contributed by atoms with E-state index in [2.05, 4.69) is 5.32 Å². The number of halogens is 1. The van der Waals surface area contributed by atoms with Crippen molar-refractivity contribution in [2.45, 2.75) is 30.9 Å². The van der Waals surface area contributed by atoms with Gasteiger partial charge in [-0.2, -0.15) is 0 Å². The van der Waals surface area contributed by atoms with Crippen LogP contribution in [0.4, 0.5) is 9.18 Å². The van der Waals surface area contributed by atoms with Crippen LogP contribution in [0.1, 0.15) is 6.92 Å². The largest absolute Gasteiger partial charge is 0.394 e. The van der Waals surface area contributed by atoms with E-state index in [4.69, 9.17) is 9.84 Å². The van der Waals surface area contributed by atoms with Gasteiger partial charge in [0.05, 0.1) is 13.2 Å². The van der Waals surface area contributed by atoms with Crippen LogP contribution < -0.4 is 5.32 Å². The average Bonchev–Trinajstić information content (AvgIpc) is 2.55. The summed E-state index contributed by atoms with van der Waals surface area (Å²) in [6.45, 7) is 1.18. The highest BCUT2D eigenvalue weighted by Gasteiger charge is 2.54. The molecular weight excluding hydrogens is 243 g/mol. The Balaban J connectivity index is 2.07. The highest BCUT2D eigenvalue weighted by molar-refractivity contribution is 5.76. The van der Waals surface area contributed by atoms with Gasteiger partial charge in [0, 0.05) is 12.7 Å². The first-order valence-electron chi connectivity index (χ1n) is 5.81. The molecular formula is C11H17FN2O4. The van der Waals surface area contributed by atoms with Gasteiger partial charge in [-0.1, -0.05) is 0 Å². The third-order valence-corrected chi connectivity index (χ3v) is 3.36. The van der Waals surface area contributed by atoms with Crippen LogP contribution in [-0.2, 0) is 4.74 Å². The molecule has 2 amide bonds. The van der Waals surface area contributed by atoms with Crippen molar-refractivity contribution in [1.29, 1.82) is 0 Å². The fourth-order valence-corrected chi connectivity index (χ4v) is 2.15. The predicted octanol–water partition coefficient (Wildman–Crippen LogP) is -0.626. The smallest absolute Gasteiger partial charge is 0.321 e. The number of nitrogens with zero attached hydrogens (tertiary/aromatic N) is 1. The van der Waals surface area contributed by atoms with Crippen molar-refractivity contribution in [1.82, 2.24) is 10.2 Å². The summed E-state index contributed by atoms with van der Waals surface area (Å²) in [6, 6.07) is -0.334. The van der Waals surface area contributed by atoms with Gasteiger partial charge in [0.1, 0.15) is 18.3 Å². The molecule has 4 atom stereocenters. The third-order valence-electron chi connectivity index (χ3n) is 3.36. The molecule has 0 bridgehead atoms. The number of nitrogens with one attached hydrogen (secondary N) is 1. The van der Waals surface area contributed by atoms with Crippen LogP contribution in [-0.4, -0.2) is 64.8 Å². The molecule has 0 aromatic heterocycles. The standard InChI is InChI=1S/C11H17FN2O4/c1-11(12)8(18-7(6-15)9(11)16)5-14-4-2-3-13-10(14)17/h2,4,7-9,15-16H,3,5-6H2,1H3,(H,13,17)/t7-,8+,9-,11+/m1/s1. The molecule has 0 radical (unpaired) electrons. The van der Waals surface area contributed by atoms with E-state index in [1.54, 1.807) is 12.3 Å². The first-order chi connectivity index (χ1) is 8.46. The Morgan fingerprint density at radius 3 is 3.00 bits per heavy atom. The van der Waals surface area contributed by atoms with Gasteiger partial charge in [-0.05, 0) is 13.0 Å². The zero-order chi connectivity index (χ0) is 13.3. The van der Waals surface area contributed by atoms with Gasteiger partial charge >= 0.3 is 6.03 Å². The zero-order valence-corrected chi connectivity index (χ0v) is 10.0. The first kappa shape index (κ1) is 13.3. The summed E-state index contributed by atoms with van der Waals surface area (Å²) in [5.74, 6) is 0. The van der Waals surface area contributed by atoms with E-state index in [-0.39, 0.29) is 12.6 Å². The van der Waals surface area contributed by atoms with E-state index in [1.807, 2.05) is 0 Å². The van der Waals surface area contributed by atoms with E-state index in [9.17, 15) is 14.3 Å². The molecule has 2 heterocycles. The SMILES string of the molecule is C[C@]1(F)[C@H](CN2C=CCNC2=O)O[C@H](CO)[C@H]1O. The Hall–Kier alpha value is -1.18. The van der Waals surface area contributed by atoms with Crippen molar-refractivity contribution >= 4 is 6.03 Å². The number of aliphatic hydroxyl groups excluding tert-OH is 2. The normalized spacial score (nSPS) is 40.1. The second-order valence-electron chi connectivity index (χ2n) is 4.66. The van der Waals surface area contributed by atoms with Gasteiger partial charge in [0.2, 0.25) is 0 Å². The maximum atomic E-state index is 14.3. The van der Waals surface area contributed by atoms with Crippen LogP contribution in [0.5, 0.6) is 0 Å². The molecule has 0 aromatic carbocycles. The van der Waals surface area contributed by atoms with Crippen molar-refractivity contribution < 1.29 is 24.1 Å². The molecule has 1 saturated heterocycles. The van der Waals surface area contributed by atoms with E-state index in [1.165, 1.54) is 11.8 Å². The van der Waals surface area contributed by atoms with Crippen molar-refractivity contribution in [2.24, 2.45) is 0 Å². The molecule has 3 N–H and O–H groups in total. The molecule has 18 heavy (non-hydrogen) atoms.